The van der Waals surface area contributed by atoms with E-state index in [2.05, 4.69) is 20.9 Å². The number of rotatable bonds is 2. The summed E-state index contributed by atoms with van der Waals surface area (Å²) in [6, 6.07) is 1.61. The van der Waals surface area contributed by atoms with Gasteiger partial charge < -0.3 is 9.47 Å². The zero-order chi connectivity index (χ0) is 12.3. The maximum atomic E-state index is 11.9. The first-order chi connectivity index (χ1) is 8.16. The van der Waals surface area contributed by atoms with Crippen LogP contribution in [0.25, 0.3) is 0 Å². The minimum Gasteiger partial charge on any atom is -0.459 e. The molecule has 0 aliphatic carbocycles. The van der Waals surface area contributed by atoms with Crippen molar-refractivity contribution in [3.05, 3.63) is 27.5 Å². The lowest BCUT2D eigenvalue weighted by molar-refractivity contribution is -0.0159. The van der Waals surface area contributed by atoms with Gasteiger partial charge in [-0.2, -0.15) is 0 Å². The van der Waals surface area contributed by atoms with E-state index in [1.807, 2.05) is 0 Å². The van der Waals surface area contributed by atoms with Crippen LogP contribution in [0.2, 0.25) is 5.15 Å². The van der Waals surface area contributed by atoms with Gasteiger partial charge in [-0.3, -0.25) is 0 Å². The third kappa shape index (κ3) is 3.40. The molecule has 1 saturated heterocycles. The molecule has 1 aliphatic rings. The van der Waals surface area contributed by atoms with Crippen molar-refractivity contribution in [2.45, 2.75) is 18.9 Å². The van der Waals surface area contributed by atoms with E-state index in [1.165, 1.54) is 6.20 Å². The number of nitrogens with zero attached hydrogens (tertiary/aromatic N) is 1. The average molecular weight is 321 g/mol. The second-order valence-corrected chi connectivity index (χ2v) is 4.98. The van der Waals surface area contributed by atoms with Crippen molar-refractivity contribution in [1.29, 1.82) is 0 Å². The molecule has 1 aromatic rings. The van der Waals surface area contributed by atoms with Crippen LogP contribution in [0.4, 0.5) is 0 Å². The van der Waals surface area contributed by atoms with Crippen molar-refractivity contribution < 1.29 is 14.3 Å². The van der Waals surface area contributed by atoms with Crippen LogP contribution in [0.1, 0.15) is 23.2 Å². The van der Waals surface area contributed by atoms with Gasteiger partial charge >= 0.3 is 5.97 Å². The molecule has 2 heterocycles. The van der Waals surface area contributed by atoms with Gasteiger partial charge in [0.05, 0.1) is 18.8 Å². The second kappa shape index (κ2) is 5.80. The Morgan fingerprint density at radius 2 is 2.24 bits per heavy atom. The van der Waals surface area contributed by atoms with Crippen molar-refractivity contribution in [1.82, 2.24) is 4.98 Å². The van der Waals surface area contributed by atoms with Crippen LogP contribution in [0.3, 0.4) is 0 Å². The Bertz CT molecular complexity index is 421. The Balaban J connectivity index is 2.05. The summed E-state index contributed by atoms with van der Waals surface area (Å²) < 4.78 is 11.2. The molecule has 1 fully saturated rings. The van der Waals surface area contributed by atoms with Gasteiger partial charge in [-0.25, -0.2) is 9.78 Å². The van der Waals surface area contributed by atoms with Crippen LogP contribution in [0.15, 0.2) is 16.7 Å². The number of pyridine rings is 1. The fourth-order valence-corrected chi connectivity index (χ4v) is 2.09. The summed E-state index contributed by atoms with van der Waals surface area (Å²) >= 11 is 9.09. The minimum absolute atomic E-state index is 0.0914. The lowest BCUT2D eigenvalue weighted by Crippen LogP contribution is -2.26. The molecule has 1 aliphatic heterocycles. The number of hydrogen-bond acceptors (Lipinski definition) is 4. The van der Waals surface area contributed by atoms with E-state index in [1.54, 1.807) is 6.07 Å². The number of halogens is 2. The smallest absolute Gasteiger partial charge is 0.341 e. The highest BCUT2D eigenvalue weighted by molar-refractivity contribution is 9.10. The molecule has 0 amide bonds. The second-order valence-electron chi connectivity index (χ2n) is 3.71. The molecular weight excluding hydrogens is 309 g/mol. The number of ether oxygens (including phenoxy) is 2. The third-order valence-electron chi connectivity index (χ3n) is 2.47. The fraction of sp³-hybridized carbons (Fsp3) is 0.455. The molecule has 0 unspecified atom stereocenters. The molecule has 0 N–H and O–H groups in total. The van der Waals surface area contributed by atoms with E-state index >= 15 is 0 Å². The van der Waals surface area contributed by atoms with E-state index < -0.39 is 5.97 Å². The molecule has 0 radical (unpaired) electrons. The van der Waals surface area contributed by atoms with Crippen molar-refractivity contribution in [3.8, 4) is 0 Å². The summed E-state index contributed by atoms with van der Waals surface area (Å²) in [7, 11) is 0. The Hall–Kier alpha value is -0.650. The van der Waals surface area contributed by atoms with Crippen LogP contribution >= 0.6 is 27.5 Å². The normalized spacial score (nSPS) is 16.8. The lowest BCUT2D eigenvalue weighted by Gasteiger charge is -2.22. The summed E-state index contributed by atoms with van der Waals surface area (Å²) in [6.45, 7) is 1.25. The molecule has 0 atom stereocenters. The van der Waals surface area contributed by atoms with Gasteiger partial charge in [0.25, 0.3) is 0 Å². The van der Waals surface area contributed by atoms with E-state index in [0.29, 0.717) is 17.7 Å². The lowest BCUT2D eigenvalue weighted by atomic mass is 10.1. The quantitative estimate of drug-likeness (QED) is 0.621. The van der Waals surface area contributed by atoms with E-state index in [0.717, 1.165) is 12.8 Å². The highest BCUT2D eigenvalue weighted by Crippen LogP contribution is 2.21. The molecule has 2 rings (SSSR count). The Morgan fingerprint density at radius 3 is 2.94 bits per heavy atom. The fourth-order valence-electron chi connectivity index (χ4n) is 1.57. The average Bonchev–Trinajstić information content (AvgIpc) is 2.33. The van der Waals surface area contributed by atoms with E-state index in [-0.39, 0.29) is 16.8 Å². The Labute approximate surface area is 112 Å². The largest absolute Gasteiger partial charge is 0.459 e. The van der Waals surface area contributed by atoms with Crippen LogP contribution in [-0.2, 0) is 9.47 Å². The molecule has 17 heavy (non-hydrogen) atoms. The van der Waals surface area contributed by atoms with Gasteiger partial charge in [0.1, 0.15) is 11.3 Å². The first kappa shape index (κ1) is 12.8. The van der Waals surface area contributed by atoms with Gasteiger partial charge in [0.15, 0.2) is 0 Å². The Morgan fingerprint density at radius 1 is 1.53 bits per heavy atom. The molecular formula is C11H11BrClNO3. The third-order valence-corrected chi connectivity index (χ3v) is 3.20. The SMILES string of the molecule is O=C(OC1CCOCC1)c1cc(Br)cnc1Cl. The summed E-state index contributed by atoms with van der Waals surface area (Å²) in [6.07, 6.45) is 2.90. The maximum absolute atomic E-state index is 11.9. The Kier molecular flexibility index (Phi) is 4.36. The number of hydrogen-bond donors (Lipinski definition) is 0. The molecule has 92 valence electrons. The van der Waals surface area contributed by atoms with E-state index in [9.17, 15) is 4.79 Å². The van der Waals surface area contributed by atoms with Gasteiger partial charge in [0, 0.05) is 23.5 Å². The van der Waals surface area contributed by atoms with Crippen LogP contribution in [0.5, 0.6) is 0 Å². The minimum atomic E-state index is -0.435. The molecule has 0 saturated carbocycles. The molecule has 0 aromatic carbocycles. The zero-order valence-corrected chi connectivity index (χ0v) is 11.3. The van der Waals surface area contributed by atoms with Crippen LogP contribution in [0, 0.1) is 0 Å². The highest BCUT2D eigenvalue weighted by Gasteiger charge is 2.21. The predicted octanol–water partition coefficient (Wildman–Crippen LogP) is 2.83. The zero-order valence-electron chi connectivity index (χ0n) is 8.99. The number of carbonyl (C=O) groups excluding carboxylic acids is 1. The topological polar surface area (TPSA) is 48.4 Å². The number of aromatic nitrogens is 1. The molecule has 0 spiro atoms. The van der Waals surface area contributed by atoms with Gasteiger partial charge in [-0.1, -0.05) is 11.6 Å². The summed E-state index contributed by atoms with van der Waals surface area (Å²) in [4.78, 5) is 15.8. The molecule has 1 aromatic heterocycles. The van der Waals surface area contributed by atoms with Crippen molar-refractivity contribution in [3.63, 3.8) is 0 Å². The van der Waals surface area contributed by atoms with Crippen LogP contribution < -0.4 is 0 Å². The van der Waals surface area contributed by atoms with Crippen molar-refractivity contribution in [2.24, 2.45) is 0 Å². The maximum Gasteiger partial charge on any atom is 0.341 e. The van der Waals surface area contributed by atoms with Crippen molar-refractivity contribution in [2.75, 3.05) is 13.2 Å². The first-order valence-corrected chi connectivity index (χ1v) is 6.43. The summed E-state index contributed by atoms with van der Waals surface area (Å²) in [5.74, 6) is -0.435. The standard InChI is InChI=1S/C11H11BrClNO3/c12-7-5-9(10(13)14-6-7)11(15)17-8-1-3-16-4-2-8/h5-6,8H,1-4H2. The molecule has 6 heteroatoms. The van der Waals surface area contributed by atoms with Gasteiger partial charge in [0.2, 0.25) is 0 Å². The molecule has 0 bridgehead atoms. The van der Waals surface area contributed by atoms with Gasteiger partial charge in [-0.05, 0) is 22.0 Å². The number of carbonyl (C=O) groups is 1. The van der Waals surface area contributed by atoms with Crippen LogP contribution in [-0.4, -0.2) is 30.3 Å². The first-order valence-electron chi connectivity index (χ1n) is 5.26. The predicted molar refractivity (Wildman–Crippen MR) is 66.2 cm³/mol. The molecule has 4 nitrogen and oxygen atoms in total. The number of esters is 1. The monoisotopic (exact) mass is 319 g/mol. The van der Waals surface area contributed by atoms with E-state index in [4.69, 9.17) is 21.1 Å². The van der Waals surface area contributed by atoms with Crippen molar-refractivity contribution >= 4 is 33.5 Å². The van der Waals surface area contributed by atoms with Gasteiger partial charge in [-0.15, -0.1) is 0 Å². The summed E-state index contributed by atoms with van der Waals surface area (Å²) in [5, 5.41) is 0.158. The summed E-state index contributed by atoms with van der Waals surface area (Å²) in [5.41, 5.74) is 0.285. The highest BCUT2D eigenvalue weighted by atomic mass is 79.9.